The van der Waals surface area contributed by atoms with Gasteiger partial charge in [-0.05, 0) is 24.1 Å². The molecule has 104 valence electrons. The molecule has 0 saturated carbocycles. The van der Waals surface area contributed by atoms with E-state index in [0.29, 0.717) is 29.7 Å². The molecule has 1 aromatic heterocycles. The lowest BCUT2D eigenvalue weighted by molar-refractivity contribution is -0.118. The Balaban J connectivity index is 1.75. The lowest BCUT2D eigenvalue weighted by Gasteiger charge is -2.18. The molecule has 0 spiro atoms. The minimum Gasteiger partial charge on any atom is -0.309 e. The number of carbonyl (C=O) groups excluding carboxylic acids is 1. The van der Waals surface area contributed by atoms with Crippen LogP contribution in [0.5, 0.6) is 0 Å². The van der Waals surface area contributed by atoms with Gasteiger partial charge in [0.05, 0.1) is 18.4 Å². The van der Waals surface area contributed by atoms with E-state index in [1.807, 2.05) is 6.07 Å². The number of aryl methyl sites for hydroxylation is 1. The highest BCUT2D eigenvalue weighted by Gasteiger charge is 2.27. The van der Waals surface area contributed by atoms with Gasteiger partial charge in [-0.15, -0.1) is 5.10 Å². The molecule has 3 rings (SSSR count). The Morgan fingerprint density at radius 2 is 2.30 bits per heavy atom. The van der Waals surface area contributed by atoms with E-state index >= 15 is 0 Å². The molecule has 0 fully saturated rings. The fraction of sp³-hybridized carbons (Fsp3) is 0.308. The molecule has 0 bridgehead atoms. The van der Waals surface area contributed by atoms with Gasteiger partial charge < -0.3 is 4.90 Å². The molecule has 5 nitrogen and oxygen atoms in total. The maximum absolute atomic E-state index is 14.0. The van der Waals surface area contributed by atoms with Gasteiger partial charge in [-0.3, -0.25) is 9.48 Å². The van der Waals surface area contributed by atoms with Crippen LogP contribution in [0.1, 0.15) is 12.0 Å². The molecule has 1 aromatic carbocycles. The summed E-state index contributed by atoms with van der Waals surface area (Å²) in [4.78, 5) is 13.7. The maximum Gasteiger partial charge on any atom is 0.228 e. The molecule has 7 heteroatoms. The van der Waals surface area contributed by atoms with Crippen molar-refractivity contribution in [3.8, 4) is 0 Å². The fourth-order valence-electron chi connectivity index (χ4n) is 2.40. The molecule has 0 atom stereocenters. The number of rotatable bonds is 3. The van der Waals surface area contributed by atoms with E-state index in [1.165, 1.54) is 11.0 Å². The third kappa shape index (κ3) is 2.45. The summed E-state index contributed by atoms with van der Waals surface area (Å²) in [5.41, 5.74) is 1.28. The van der Waals surface area contributed by atoms with Crippen LogP contribution in [-0.2, 0) is 17.8 Å². The van der Waals surface area contributed by atoms with Crippen LogP contribution in [0.4, 0.5) is 10.1 Å². The number of amides is 1. The van der Waals surface area contributed by atoms with E-state index in [2.05, 4.69) is 26.2 Å². The second kappa shape index (κ2) is 5.32. The quantitative estimate of drug-likeness (QED) is 0.861. The van der Waals surface area contributed by atoms with Crippen molar-refractivity contribution in [3.63, 3.8) is 0 Å². The second-order valence-corrected chi connectivity index (χ2v) is 5.52. The van der Waals surface area contributed by atoms with Crippen molar-refractivity contribution in [1.82, 2.24) is 15.0 Å². The third-order valence-electron chi connectivity index (χ3n) is 3.31. The average molecular weight is 339 g/mol. The predicted octanol–water partition coefficient (Wildman–Crippen LogP) is 2.16. The summed E-state index contributed by atoms with van der Waals surface area (Å²) in [6, 6.07) is 3.25. The van der Waals surface area contributed by atoms with Crippen molar-refractivity contribution in [1.29, 1.82) is 0 Å². The summed E-state index contributed by atoms with van der Waals surface area (Å²) < 4.78 is 16.3. The number of fused-ring (bicyclic) bond motifs is 1. The molecule has 20 heavy (non-hydrogen) atoms. The normalized spacial score (nSPS) is 13.6. The Morgan fingerprint density at radius 1 is 1.45 bits per heavy atom. The number of carbonyl (C=O) groups is 1. The number of aromatic nitrogens is 3. The summed E-state index contributed by atoms with van der Waals surface area (Å²) >= 11 is 3.27. The first-order chi connectivity index (χ1) is 9.65. The van der Waals surface area contributed by atoms with Gasteiger partial charge in [-0.2, -0.15) is 0 Å². The molecular formula is C13H12BrFN4O. The Labute approximate surface area is 123 Å². The van der Waals surface area contributed by atoms with Crippen LogP contribution in [0.25, 0.3) is 0 Å². The largest absolute Gasteiger partial charge is 0.309 e. The third-order valence-corrected chi connectivity index (χ3v) is 3.77. The number of anilines is 1. The van der Waals surface area contributed by atoms with E-state index in [9.17, 15) is 9.18 Å². The molecule has 0 aliphatic carbocycles. The van der Waals surface area contributed by atoms with E-state index in [4.69, 9.17) is 0 Å². The van der Waals surface area contributed by atoms with Crippen LogP contribution >= 0.6 is 15.9 Å². The summed E-state index contributed by atoms with van der Waals surface area (Å²) in [6.07, 6.45) is 4.22. The van der Waals surface area contributed by atoms with Crippen molar-refractivity contribution < 1.29 is 9.18 Å². The number of nitrogens with zero attached hydrogens (tertiary/aromatic N) is 4. The topological polar surface area (TPSA) is 51.0 Å². The van der Waals surface area contributed by atoms with E-state index < -0.39 is 0 Å². The van der Waals surface area contributed by atoms with Gasteiger partial charge in [0.1, 0.15) is 5.82 Å². The first-order valence-corrected chi connectivity index (χ1v) is 7.07. The molecular weight excluding hydrogens is 327 g/mol. The molecule has 1 aliphatic rings. The molecule has 2 heterocycles. The molecule has 0 unspecified atom stereocenters. The Hall–Kier alpha value is -1.76. The highest BCUT2D eigenvalue weighted by atomic mass is 79.9. The monoisotopic (exact) mass is 338 g/mol. The second-order valence-electron chi connectivity index (χ2n) is 4.61. The van der Waals surface area contributed by atoms with Gasteiger partial charge in [-0.1, -0.05) is 21.1 Å². The fourth-order valence-corrected chi connectivity index (χ4v) is 2.88. The van der Waals surface area contributed by atoms with E-state index in [0.717, 1.165) is 5.56 Å². The highest BCUT2D eigenvalue weighted by Crippen LogP contribution is 2.34. The molecule has 1 aliphatic heterocycles. The van der Waals surface area contributed by atoms with Gasteiger partial charge in [0.2, 0.25) is 5.91 Å². The predicted molar refractivity (Wildman–Crippen MR) is 74.8 cm³/mol. The van der Waals surface area contributed by atoms with Gasteiger partial charge in [0, 0.05) is 23.6 Å². The molecule has 2 aromatic rings. The Bertz CT molecular complexity index is 644. The minimum atomic E-state index is -0.360. The first-order valence-electron chi connectivity index (χ1n) is 6.27. The van der Waals surface area contributed by atoms with E-state index in [1.54, 1.807) is 17.1 Å². The van der Waals surface area contributed by atoms with Crippen LogP contribution in [0.15, 0.2) is 29.0 Å². The first kappa shape index (κ1) is 13.2. The summed E-state index contributed by atoms with van der Waals surface area (Å²) in [5, 5.41) is 7.48. The Kier molecular flexibility index (Phi) is 3.52. The van der Waals surface area contributed by atoms with E-state index in [-0.39, 0.29) is 18.1 Å². The zero-order valence-corrected chi connectivity index (χ0v) is 12.2. The standard InChI is InChI=1S/C13H12BrFN4O/c14-10-7-9-1-5-19(13(9)11(15)8-10)12(20)2-4-18-6-3-16-17-18/h3,6-8H,1-2,4-5H2. The highest BCUT2D eigenvalue weighted by molar-refractivity contribution is 9.10. The number of hydrogen-bond donors (Lipinski definition) is 0. The van der Waals surface area contributed by atoms with Crippen LogP contribution in [-0.4, -0.2) is 27.4 Å². The number of benzene rings is 1. The summed E-state index contributed by atoms with van der Waals surface area (Å²) in [6.45, 7) is 0.974. The number of hydrogen-bond acceptors (Lipinski definition) is 3. The molecule has 0 N–H and O–H groups in total. The van der Waals surface area contributed by atoms with Crippen LogP contribution in [0.2, 0.25) is 0 Å². The van der Waals surface area contributed by atoms with Crippen molar-refractivity contribution in [2.75, 3.05) is 11.4 Å². The van der Waals surface area contributed by atoms with Crippen molar-refractivity contribution in [2.45, 2.75) is 19.4 Å². The van der Waals surface area contributed by atoms with Crippen LogP contribution < -0.4 is 4.90 Å². The van der Waals surface area contributed by atoms with Crippen LogP contribution in [0.3, 0.4) is 0 Å². The van der Waals surface area contributed by atoms with Crippen LogP contribution in [0, 0.1) is 5.82 Å². The maximum atomic E-state index is 14.0. The lowest BCUT2D eigenvalue weighted by atomic mass is 10.1. The van der Waals surface area contributed by atoms with Crippen molar-refractivity contribution >= 4 is 27.5 Å². The average Bonchev–Trinajstić information content (AvgIpc) is 3.04. The summed E-state index contributed by atoms with van der Waals surface area (Å²) in [5.74, 6) is -0.457. The molecule has 0 saturated heterocycles. The number of halogens is 2. The minimum absolute atomic E-state index is 0.0968. The summed E-state index contributed by atoms with van der Waals surface area (Å²) in [7, 11) is 0. The smallest absolute Gasteiger partial charge is 0.228 e. The molecule has 1 amide bonds. The van der Waals surface area contributed by atoms with Crippen molar-refractivity contribution in [2.24, 2.45) is 0 Å². The Morgan fingerprint density at radius 3 is 3.05 bits per heavy atom. The zero-order chi connectivity index (χ0) is 14.1. The molecule has 0 radical (unpaired) electrons. The SMILES string of the molecule is O=C(CCn1ccnn1)N1CCc2cc(Br)cc(F)c21. The zero-order valence-electron chi connectivity index (χ0n) is 10.6. The van der Waals surface area contributed by atoms with Gasteiger partial charge in [0.15, 0.2) is 0 Å². The van der Waals surface area contributed by atoms with Gasteiger partial charge >= 0.3 is 0 Å². The lowest BCUT2D eigenvalue weighted by Crippen LogP contribution is -2.30. The van der Waals surface area contributed by atoms with Gasteiger partial charge in [-0.25, -0.2) is 4.39 Å². The van der Waals surface area contributed by atoms with Crippen molar-refractivity contribution in [3.05, 3.63) is 40.4 Å². The van der Waals surface area contributed by atoms with Gasteiger partial charge in [0.25, 0.3) is 0 Å².